The number of pyridine rings is 1. The lowest BCUT2D eigenvalue weighted by Gasteiger charge is -2.12. The summed E-state index contributed by atoms with van der Waals surface area (Å²) in [5, 5.41) is 6.13. The molecule has 2 heterocycles. The maximum Gasteiger partial charge on any atom is 0.106 e. The van der Waals surface area contributed by atoms with Crippen LogP contribution in [-0.2, 0) is 0 Å². The Morgan fingerprint density at radius 1 is 1.42 bits per heavy atom. The molecule has 0 spiro atoms. The number of halogens is 1. The molecule has 0 atom stereocenters. The van der Waals surface area contributed by atoms with E-state index in [2.05, 4.69) is 26.0 Å². The minimum absolute atomic E-state index is 0.856. The molecular weight excluding hydrogens is 218 g/mol. The Hall–Kier alpha value is -0.900. The van der Waals surface area contributed by atoms with Crippen molar-refractivity contribution in [2.45, 2.75) is 6.42 Å². The predicted octanol–water partition coefficient (Wildman–Crippen LogP) is 2.04. The molecule has 62 valence electrons. The molecule has 0 unspecified atom stereocenters. The first kappa shape index (κ1) is 7.73. The summed E-state index contributed by atoms with van der Waals surface area (Å²) in [7, 11) is 0. The maximum absolute atomic E-state index is 4.19. The van der Waals surface area contributed by atoms with Gasteiger partial charge in [-0.05, 0) is 28.1 Å². The van der Waals surface area contributed by atoms with Gasteiger partial charge in [0.1, 0.15) is 4.60 Å². The lowest BCUT2D eigenvalue weighted by molar-refractivity contribution is 0.915. The molecule has 0 N–H and O–H groups in total. The number of rotatable bonds is 1. The van der Waals surface area contributed by atoms with Gasteiger partial charge >= 0.3 is 0 Å². The Kier molecular flexibility index (Phi) is 2.08. The van der Waals surface area contributed by atoms with Gasteiger partial charge in [-0.2, -0.15) is 5.10 Å². The van der Waals surface area contributed by atoms with E-state index in [0.29, 0.717) is 0 Å². The molecule has 0 radical (unpaired) electrons. The summed E-state index contributed by atoms with van der Waals surface area (Å²) in [6.07, 6.45) is 4.75. The van der Waals surface area contributed by atoms with Crippen molar-refractivity contribution in [3.63, 3.8) is 0 Å². The largest absolute Gasteiger partial charge is 0.264 e. The SMILES string of the molecule is Brc1ccc(N2CCC=N2)cn1. The summed E-state index contributed by atoms with van der Waals surface area (Å²) >= 11 is 3.29. The van der Waals surface area contributed by atoms with Gasteiger partial charge in [-0.3, -0.25) is 5.01 Å². The Balaban J connectivity index is 2.23. The third-order valence-corrected chi connectivity index (χ3v) is 2.17. The van der Waals surface area contributed by atoms with Crippen LogP contribution in [0.3, 0.4) is 0 Å². The van der Waals surface area contributed by atoms with Crippen LogP contribution in [0.2, 0.25) is 0 Å². The normalized spacial score (nSPS) is 15.6. The summed E-state index contributed by atoms with van der Waals surface area (Å²) < 4.78 is 0.856. The minimum Gasteiger partial charge on any atom is -0.264 e. The molecule has 3 nitrogen and oxygen atoms in total. The Morgan fingerprint density at radius 2 is 2.33 bits per heavy atom. The molecule has 12 heavy (non-hydrogen) atoms. The topological polar surface area (TPSA) is 28.5 Å². The van der Waals surface area contributed by atoms with Crippen molar-refractivity contribution in [1.82, 2.24) is 4.98 Å². The fourth-order valence-corrected chi connectivity index (χ4v) is 1.35. The monoisotopic (exact) mass is 225 g/mol. The smallest absolute Gasteiger partial charge is 0.106 e. The van der Waals surface area contributed by atoms with Gasteiger partial charge in [-0.25, -0.2) is 4.98 Å². The van der Waals surface area contributed by atoms with Crippen molar-refractivity contribution < 1.29 is 0 Å². The third kappa shape index (κ3) is 1.48. The molecule has 2 rings (SSSR count). The first-order chi connectivity index (χ1) is 5.86. The van der Waals surface area contributed by atoms with Gasteiger partial charge in [0.05, 0.1) is 11.9 Å². The molecule has 0 bridgehead atoms. The van der Waals surface area contributed by atoms with Crippen LogP contribution in [0.1, 0.15) is 6.42 Å². The van der Waals surface area contributed by atoms with Gasteiger partial charge in [0.15, 0.2) is 0 Å². The average molecular weight is 226 g/mol. The standard InChI is InChI=1S/C8H8BrN3/c9-8-3-2-7(6-10-8)12-5-1-4-11-12/h2-4,6H,1,5H2. The van der Waals surface area contributed by atoms with Crippen LogP contribution in [0.5, 0.6) is 0 Å². The fraction of sp³-hybridized carbons (Fsp3) is 0.250. The predicted molar refractivity (Wildman–Crippen MR) is 52.4 cm³/mol. The van der Waals surface area contributed by atoms with E-state index in [0.717, 1.165) is 23.3 Å². The number of hydrogen-bond acceptors (Lipinski definition) is 3. The number of nitrogens with zero attached hydrogens (tertiary/aromatic N) is 3. The summed E-state index contributed by atoms with van der Waals surface area (Å²) in [4.78, 5) is 4.12. The molecule has 1 aromatic rings. The van der Waals surface area contributed by atoms with E-state index in [4.69, 9.17) is 0 Å². The lowest BCUT2D eigenvalue weighted by atomic mass is 10.4. The van der Waals surface area contributed by atoms with Crippen molar-refractivity contribution in [3.8, 4) is 0 Å². The Labute approximate surface area is 79.2 Å². The zero-order chi connectivity index (χ0) is 8.39. The van der Waals surface area contributed by atoms with Crippen molar-refractivity contribution >= 4 is 27.8 Å². The summed E-state index contributed by atoms with van der Waals surface area (Å²) in [6, 6.07) is 3.92. The van der Waals surface area contributed by atoms with Gasteiger partial charge in [-0.15, -0.1) is 0 Å². The molecule has 1 aliphatic heterocycles. The van der Waals surface area contributed by atoms with E-state index in [1.807, 2.05) is 29.6 Å². The van der Waals surface area contributed by atoms with Crippen molar-refractivity contribution in [3.05, 3.63) is 22.9 Å². The number of anilines is 1. The zero-order valence-corrected chi connectivity index (χ0v) is 8.03. The first-order valence-corrected chi connectivity index (χ1v) is 4.57. The van der Waals surface area contributed by atoms with Crippen LogP contribution in [-0.4, -0.2) is 17.7 Å². The minimum atomic E-state index is 0.856. The number of hydrogen-bond donors (Lipinski definition) is 0. The fourth-order valence-electron chi connectivity index (χ4n) is 1.11. The van der Waals surface area contributed by atoms with E-state index in [9.17, 15) is 0 Å². The van der Waals surface area contributed by atoms with E-state index in [-0.39, 0.29) is 0 Å². The van der Waals surface area contributed by atoms with Gasteiger partial charge in [0, 0.05) is 19.2 Å². The first-order valence-electron chi connectivity index (χ1n) is 3.78. The van der Waals surface area contributed by atoms with E-state index in [1.54, 1.807) is 0 Å². The van der Waals surface area contributed by atoms with Gasteiger partial charge in [0.25, 0.3) is 0 Å². The average Bonchev–Trinajstić information content (AvgIpc) is 2.58. The molecule has 0 saturated carbocycles. The van der Waals surface area contributed by atoms with Crippen LogP contribution < -0.4 is 5.01 Å². The quantitative estimate of drug-likeness (QED) is 0.685. The van der Waals surface area contributed by atoms with Gasteiger partial charge in [0.2, 0.25) is 0 Å². The van der Waals surface area contributed by atoms with Crippen LogP contribution in [0, 0.1) is 0 Å². The van der Waals surface area contributed by atoms with Crippen LogP contribution >= 0.6 is 15.9 Å². The highest BCUT2D eigenvalue weighted by Gasteiger charge is 2.07. The number of aromatic nitrogens is 1. The maximum atomic E-state index is 4.19. The molecule has 1 aromatic heterocycles. The summed E-state index contributed by atoms with van der Waals surface area (Å²) in [5.74, 6) is 0. The molecule has 4 heteroatoms. The van der Waals surface area contributed by atoms with Gasteiger partial charge in [-0.1, -0.05) is 0 Å². The molecule has 0 aromatic carbocycles. The summed E-state index contributed by atoms with van der Waals surface area (Å²) in [6.45, 7) is 0.962. The second kappa shape index (κ2) is 3.23. The molecule has 0 fully saturated rings. The molecule has 1 aliphatic rings. The van der Waals surface area contributed by atoms with E-state index < -0.39 is 0 Å². The van der Waals surface area contributed by atoms with Crippen molar-refractivity contribution in [2.24, 2.45) is 5.10 Å². The lowest BCUT2D eigenvalue weighted by Crippen LogP contribution is -2.11. The van der Waals surface area contributed by atoms with Crippen LogP contribution in [0.25, 0.3) is 0 Å². The molecule has 0 amide bonds. The van der Waals surface area contributed by atoms with E-state index in [1.165, 1.54) is 0 Å². The summed E-state index contributed by atoms with van der Waals surface area (Å²) in [5.41, 5.74) is 1.05. The Morgan fingerprint density at radius 3 is 2.92 bits per heavy atom. The molecular formula is C8H8BrN3. The second-order valence-corrected chi connectivity index (χ2v) is 3.36. The van der Waals surface area contributed by atoms with Crippen LogP contribution in [0.15, 0.2) is 28.0 Å². The highest BCUT2D eigenvalue weighted by Crippen LogP contribution is 2.17. The van der Waals surface area contributed by atoms with Crippen molar-refractivity contribution in [2.75, 3.05) is 11.6 Å². The Bertz CT molecular complexity index is 294. The highest BCUT2D eigenvalue weighted by atomic mass is 79.9. The van der Waals surface area contributed by atoms with Crippen LogP contribution in [0.4, 0.5) is 5.69 Å². The highest BCUT2D eigenvalue weighted by molar-refractivity contribution is 9.10. The third-order valence-electron chi connectivity index (χ3n) is 1.70. The van der Waals surface area contributed by atoms with E-state index >= 15 is 0 Å². The second-order valence-electron chi connectivity index (χ2n) is 2.55. The molecule has 0 aliphatic carbocycles. The molecule has 0 saturated heterocycles. The van der Waals surface area contributed by atoms with Crippen molar-refractivity contribution in [1.29, 1.82) is 0 Å². The zero-order valence-electron chi connectivity index (χ0n) is 6.44. The van der Waals surface area contributed by atoms with Gasteiger partial charge < -0.3 is 0 Å². The number of hydrazone groups is 1.